The van der Waals surface area contributed by atoms with Crippen LogP contribution >= 0.6 is 0 Å². The smallest absolute Gasteiger partial charge is 0.0594 e. The Morgan fingerprint density at radius 3 is 3.06 bits per heavy atom. The highest BCUT2D eigenvalue weighted by atomic mass is 16.5. The molecule has 0 aromatic carbocycles. The number of ether oxygens (including phenoxy) is 1. The molecule has 2 N–H and O–H groups in total. The van der Waals surface area contributed by atoms with Gasteiger partial charge in [-0.1, -0.05) is 0 Å². The van der Waals surface area contributed by atoms with E-state index in [0.29, 0.717) is 5.92 Å². The average molecular weight is 250 g/mol. The Labute approximate surface area is 108 Å². The molecule has 5 heteroatoms. The van der Waals surface area contributed by atoms with Gasteiger partial charge in [0.15, 0.2) is 0 Å². The fourth-order valence-corrected chi connectivity index (χ4v) is 2.90. The first kappa shape index (κ1) is 12.1. The summed E-state index contributed by atoms with van der Waals surface area (Å²) in [7, 11) is 0. The van der Waals surface area contributed by atoms with E-state index in [1.807, 2.05) is 6.20 Å². The third kappa shape index (κ3) is 2.74. The minimum absolute atomic E-state index is 0.609. The quantitative estimate of drug-likeness (QED) is 0.829. The summed E-state index contributed by atoms with van der Waals surface area (Å²) in [5.74, 6) is 0.609. The number of aromatic nitrogens is 2. The Kier molecular flexibility index (Phi) is 3.93. The van der Waals surface area contributed by atoms with Crippen molar-refractivity contribution in [1.29, 1.82) is 0 Å². The van der Waals surface area contributed by atoms with E-state index in [1.54, 1.807) is 0 Å². The van der Waals surface area contributed by atoms with Gasteiger partial charge in [-0.3, -0.25) is 10.00 Å². The van der Waals surface area contributed by atoms with Crippen LogP contribution < -0.4 is 5.32 Å². The SMILES string of the molecule is c1n[nH]c(C2CCCNC2)c1CN1CCOCC1. The lowest BCUT2D eigenvalue weighted by Crippen LogP contribution is -2.36. The first-order valence-electron chi connectivity index (χ1n) is 6.96. The molecule has 18 heavy (non-hydrogen) atoms. The molecule has 0 bridgehead atoms. The van der Waals surface area contributed by atoms with Gasteiger partial charge in [0.2, 0.25) is 0 Å². The van der Waals surface area contributed by atoms with Crippen molar-refractivity contribution in [2.45, 2.75) is 25.3 Å². The van der Waals surface area contributed by atoms with Crippen molar-refractivity contribution in [3.8, 4) is 0 Å². The Bertz CT molecular complexity index is 367. The third-order valence-electron chi connectivity index (χ3n) is 3.95. The first-order valence-corrected chi connectivity index (χ1v) is 6.96. The molecule has 0 aliphatic carbocycles. The maximum absolute atomic E-state index is 5.39. The molecular weight excluding hydrogens is 228 g/mol. The van der Waals surface area contributed by atoms with E-state index in [2.05, 4.69) is 20.4 Å². The molecule has 2 aliphatic heterocycles. The molecule has 0 amide bonds. The van der Waals surface area contributed by atoms with Crippen LogP contribution in [0, 0.1) is 0 Å². The number of nitrogens with zero attached hydrogens (tertiary/aromatic N) is 2. The molecule has 2 saturated heterocycles. The Morgan fingerprint density at radius 1 is 1.39 bits per heavy atom. The van der Waals surface area contributed by atoms with E-state index >= 15 is 0 Å². The van der Waals surface area contributed by atoms with Gasteiger partial charge in [0, 0.05) is 43.4 Å². The number of piperidine rings is 1. The summed E-state index contributed by atoms with van der Waals surface area (Å²) in [6.07, 6.45) is 4.53. The molecule has 1 unspecified atom stereocenters. The second-order valence-corrected chi connectivity index (χ2v) is 5.24. The van der Waals surface area contributed by atoms with E-state index in [1.165, 1.54) is 24.1 Å². The Hall–Kier alpha value is -0.910. The van der Waals surface area contributed by atoms with E-state index in [4.69, 9.17) is 4.74 Å². The van der Waals surface area contributed by atoms with Crippen molar-refractivity contribution in [1.82, 2.24) is 20.4 Å². The Morgan fingerprint density at radius 2 is 2.28 bits per heavy atom. The van der Waals surface area contributed by atoms with Crippen LogP contribution in [-0.2, 0) is 11.3 Å². The predicted octanol–water partition coefficient (Wildman–Crippen LogP) is 0.709. The standard InChI is InChI=1S/C13H22N4O/c1-2-11(8-14-3-1)13-12(9-15-16-13)10-17-4-6-18-7-5-17/h9,11,14H,1-8,10H2,(H,15,16). The van der Waals surface area contributed by atoms with E-state index in [9.17, 15) is 0 Å². The van der Waals surface area contributed by atoms with Gasteiger partial charge in [-0.15, -0.1) is 0 Å². The fraction of sp³-hybridized carbons (Fsp3) is 0.769. The number of hydrogen-bond donors (Lipinski definition) is 2. The summed E-state index contributed by atoms with van der Waals surface area (Å²) in [4.78, 5) is 2.45. The van der Waals surface area contributed by atoms with Crippen molar-refractivity contribution in [2.75, 3.05) is 39.4 Å². The molecule has 1 atom stereocenters. The van der Waals surface area contributed by atoms with Crippen LogP contribution in [0.2, 0.25) is 0 Å². The third-order valence-corrected chi connectivity index (χ3v) is 3.95. The zero-order valence-electron chi connectivity index (χ0n) is 10.8. The van der Waals surface area contributed by atoms with Gasteiger partial charge in [-0.2, -0.15) is 5.10 Å². The summed E-state index contributed by atoms with van der Waals surface area (Å²) in [6, 6.07) is 0. The maximum Gasteiger partial charge on any atom is 0.0594 e. The first-order chi connectivity index (χ1) is 8.93. The molecule has 100 valence electrons. The van der Waals surface area contributed by atoms with Gasteiger partial charge in [0.05, 0.1) is 19.4 Å². The minimum Gasteiger partial charge on any atom is -0.379 e. The highest BCUT2D eigenvalue weighted by Gasteiger charge is 2.21. The van der Waals surface area contributed by atoms with Crippen molar-refractivity contribution in [3.63, 3.8) is 0 Å². The topological polar surface area (TPSA) is 53.2 Å². The highest BCUT2D eigenvalue weighted by Crippen LogP contribution is 2.25. The lowest BCUT2D eigenvalue weighted by molar-refractivity contribution is 0.0340. The molecule has 2 aliphatic rings. The largest absolute Gasteiger partial charge is 0.379 e. The summed E-state index contributed by atoms with van der Waals surface area (Å²) in [5, 5.41) is 10.9. The van der Waals surface area contributed by atoms with Crippen molar-refractivity contribution >= 4 is 0 Å². The minimum atomic E-state index is 0.609. The van der Waals surface area contributed by atoms with Gasteiger partial charge in [0.25, 0.3) is 0 Å². The van der Waals surface area contributed by atoms with E-state index < -0.39 is 0 Å². The van der Waals surface area contributed by atoms with Crippen molar-refractivity contribution in [2.24, 2.45) is 0 Å². The van der Waals surface area contributed by atoms with Crippen LogP contribution in [0.4, 0.5) is 0 Å². The molecule has 0 spiro atoms. The second kappa shape index (κ2) is 5.82. The van der Waals surface area contributed by atoms with Gasteiger partial charge < -0.3 is 10.1 Å². The Balaban J connectivity index is 1.66. The van der Waals surface area contributed by atoms with Crippen LogP contribution in [0.25, 0.3) is 0 Å². The molecule has 1 aromatic rings. The van der Waals surface area contributed by atoms with E-state index in [0.717, 1.165) is 45.9 Å². The van der Waals surface area contributed by atoms with Crippen molar-refractivity contribution in [3.05, 3.63) is 17.5 Å². The lowest BCUT2D eigenvalue weighted by atomic mass is 9.93. The molecular formula is C13H22N4O. The molecule has 3 heterocycles. The molecule has 2 fully saturated rings. The van der Waals surface area contributed by atoms with Gasteiger partial charge in [0.1, 0.15) is 0 Å². The average Bonchev–Trinajstić information content (AvgIpc) is 2.89. The summed E-state index contributed by atoms with van der Waals surface area (Å²) in [5.41, 5.74) is 2.71. The fourth-order valence-electron chi connectivity index (χ4n) is 2.90. The molecule has 5 nitrogen and oxygen atoms in total. The van der Waals surface area contributed by atoms with Crippen LogP contribution in [0.15, 0.2) is 6.20 Å². The number of rotatable bonds is 3. The van der Waals surface area contributed by atoms with Crippen LogP contribution in [-0.4, -0.2) is 54.5 Å². The van der Waals surface area contributed by atoms with Crippen molar-refractivity contribution < 1.29 is 4.74 Å². The maximum atomic E-state index is 5.39. The van der Waals surface area contributed by atoms with E-state index in [-0.39, 0.29) is 0 Å². The zero-order valence-corrected chi connectivity index (χ0v) is 10.8. The van der Waals surface area contributed by atoms with Crippen LogP contribution in [0.5, 0.6) is 0 Å². The molecule has 3 rings (SSSR count). The number of hydrogen-bond acceptors (Lipinski definition) is 4. The van der Waals surface area contributed by atoms with Crippen LogP contribution in [0.3, 0.4) is 0 Å². The highest BCUT2D eigenvalue weighted by molar-refractivity contribution is 5.21. The van der Waals surface area contributed by atoms with Gasteiger partial charge in [-0.25, -0.2) is 0 Å². The number of aromatic amines is 1. The molecule has 1 aromatic heterocycles. The monoisotopic (exact) mass is 250 g/mol. The number of H-pyrrole nitrogens is 1. The van der Waals surface area contributed by atoms with Crippen LogP contribution in [0.1, 0.15) is 30.0 Å². The predicted molar refractivity (Wildman–Crippen MR) is 69.5 cm³/mol. The molecule has 0 radical (unpaired) electrons. The second-order valence-electron chi connectivity index (χ2n) is 5.24. The number of nitrogens with one attached hydrogen (secondary N) is 2. The molecule has 0 saturated carbocycles. The van der Waals surface area contributed by atoms with Gasteiger partial charge >= 0.3 is 0 Å². The summed E-state index contributed by atoms with van der Waals surface area (Å²) < 4.78 is 5.39. The summed E-state index contributed by atoms with van der Waals surface area (Å²) >= 11 is 0. The number of morpholine rings is 1. The summed E-state index contributed by atoms with van der Waals surface area (Å²) in [6.45, 7) is 7.03. The normalized spacial score (nSPS) is 26.3. The lowest BCUT2D eigenvalue weighted by Gasteiger charge is -2.28. The van der Waals surface area contributed by atoms with Gasteiger partial charge in [-0.05, 0) is 19.4 Å². The zero-order chi connectivity index (χ0) is 12.2.